The van der Waals surface area contributed by atoms with Gasteiger partial charge in [-0.1, -0.05) is 94.4 Å². The first-order chi connectivity index (χ1) is 13.9. The Labute approximate surface area is 173 Å². The van der Waals surface area contributed by atoms with Crippen LogP contribution < -0.4 is 0 Å². The van der Waals surface area contributed by atoms with Gasteiger partial charge >= 0.3 is 0 Å². The fourth-order valence-electron chi connectivity index (χ4n) is 4.50. The van der Waals surface area contributed by atoms with Crippen molar-refractivity contribution in [3.8, 4) is 22.3 Å². The molecule has 0 nitrogen and oxygen atoms in total. The average molecular weight is 395 g/mol. The van der Waals surface area contributed by atoms with E-state index in [1.807, 2.05) is 21.6 Å². The molecule has 0 aliphatic heterocycles. The van der Waals surface area contributed by atoms with Crippen molar-refractivity contribution in [3.05, 3.63) is 107 Å². The van der Waals surface area contributed by atoms with Gasteiger partial charge in [0.25, 0.3) is 0 Å². The number of benzene rings is 4. The Hall–Kier alpha value is -2.42. The molecule has 0 N–H and O–H groups in total. The standard InChI is InChI=1S/C26H18S2/c1-3-9-19-17(7-1)15-23-21(19)11-5-13-25(23)27-28-26-14-6-12-22-20-10-4-2-8-18(20)16-24(22)26/h1-14H,15-16H2. The summed E-state index contributed by atoms with van der Waals surface area (Å²) in [5.74, 6) is 0. The Balaban J connectivity index is 1.32. The van der Waals surface area contributed by atoms with Gasteiger partial charge in [0.05, 0.1) is 0 Å². The molecule has 6 rings (SSSR count). The molecule has 134 valence electrons. The highest BCUT2D eigenvalue weighted by molar-refractivity contribution is 8.76. The van der Waals surface area contributed by atoms with Crippen molar-refractivity contribution in [2.45, 2.75) is 22.6 Å². The molecular formula is C26H18S2. The highest BCUT2D eigenvalue weighted by Crippen LogP contribution is 2.49. The second kappa shape index (κ2) is 6.58. The van der Waals surface area contributed by atoms with Crippen LogP contribution in [0.25, 0.3) is 22.3 Å². The third-order valence-corrected chi connectivity index (χ3v) is 8.37. The minimum atomic E-state index is 1.05. The lowest BCUT2D eigenvalue weighted by Gasteiger charge is -2.10. The van der Waals surface area contributed by atoms with Crippen LogP contribution in [0.2, 0.25) is 0 Å². The summed E-state index contributed by atoms with van der Waals surface area (Å²) in [7, 11) is 3.82. The molecular weight excluding hydrogens is 376 g/mol. The molecule has 0 heterocycles. The van der Waals surface area contributed by atoms with Crippen molar-refractivity contribution in [2.75, 3.05) is 0 Å². The third-order valence-electron chi connectivity index (χ3n) is 5.84. The molecule has 0 bridgehead atoms. The largest absolute Gasteiger partial charge is 0.0619 e. The van der Waals surface area contributed by atoms with Crippen molar-refractivity contribution in [3.63, 3.8) is 0 Å². The molecule has 0 radical (unpaired) electrons. The first-order valence-electron chi connectivity index (χ1n) is 9.63. The summed E-state index contributed by atoms with van der Waals surface area (Å²) in [4.78, 5) is 2.79. The molecule has 0 unspecified atom stereocenters. The molecule has 0 aromatic heterocycles. The summed E-state index contributed by atoms with van der Waals surface area (Å²) in [6.45, 7) is 0. The van der Waals surface area contributed by atoms with E-state index in [4.69, 9.17) is 0 Å². The van der Waals surface area contributed by atoms with E-state index in [0.717, 1.165) is 12.8 Å². The number of fused-ring (bicyclic) bond motifs is 6. The summed E-state index contributed by atoms with van der Waals surface area (Å²) in [6.07, 6.45) is 2.10. The van der Waals surface area contributed by atoms with E-state index in [2.05, 4.69) is 84.9 Å². The fourth-order valence-corrected chi connectivity index (χ4v) is 6.99. The van der Waals surface area contributed by atoms with Gasteiger partial charge < -0.3 is 0 Å². The van der Waals surface area contributed by atoms with Crippen LogP contribution in [0.1, 0.15) is 22.3 Å². The van der Waals surface area contributed by atoms with Gasteiger partial charge in [-0.15, -0.1) is 0 Å². The minimum Gasteiger partial charge on any atom is -0.0619 e. The predicted molar refractivity (Wildman–Crippen MR) is 121 cm³/mol. The zero-order valence-corrected chi connectivity index (χ0v) is 16.9. The van der Waals surface area contributed by atoms with Gasteiger partial charge in [0, 0.05) is 9.79 Å². The van der Waals surface area contributed by atoms with E-state index in [1.54, 1.807) is 0 Å². The Morgan fingerprint density at radius 3 is 1.36 bits per heavy atom. The second-order valence-corrected chi connectivity index (χ2v) is 9.61. The van der Waals surface area contributed by atoms with Crippen LogP contribution in [0.5, 0.6) is 0 Å². The first kappa shape index (κ1) is 16.5. The van der Waals surface area contributed by atoms with E-state index in [1.165, 1.54) is 54.3 Å². The van der Waals surface area contributed by atoms with Crippen molar-refractivity contribution in [2.24, 2.45) is 0 Å². The maximum atomic E-state index is 2.28. The fraction of sp³-hybridized carbons (Fsp3) is 0.0769. The van der Waals surface area contributed by atoms with E-state index in [9.17, 15) is 0 Å². The Kier molecular flexibility index (Phi) is 3.88. The zero-order chi connectivity index (χ0) is 18.5. The molecule has 2 heteroatoms. The predicted octanol–water partition coefficient (Wildman–Crippen LogP) is 7.63. The van der Waals surface area contributed by atoms with E-state index in [0.29, 0.717) is 0 Å². The summed E-state index contributed by atoms with van der Waals surface area (Å²) in [5.41, 5.74) is 11.5. The monoisotopic (exact) mass is 394 g/mol. The molecule has 2 aliphatic rings. The van der Waals surface area contributed by atoms with Crippen LogP contribution >= 0.6 is 21.6 Å². The van der Waals surface area contributed by atoms with Crippen LogP contribution in [0.4, 0.5) is 0 Å². The maximum absolute atomic E-state index is 2.28. The maximum Gasteiger partial charge on any atom is 0.0227 e. The van der Waals surface area contributed by atoms with Gasteiger partial charge in [-0.2, -0.15) is 0 Å². The molecule has 0 saturated carbocycles. The lowest BCUT2D eigenvalue weighted by atomic mass is 10.1. The normalized spacial score (nSPS) is 13.0. The summed E-state index contributed by atoms with van der Waals surface area (Å²) >= 11 is 0. The Morgan fingerprint density at radius 2 is 0.857 bits per heavy atom. The molecule has 0 saturated heterocycles. The van der Waals surface area contributed by atoms with Crippen LogP contribution in [0.3, 0.4) is 0 Å². The van der Waals surface area contributed by atoms with E-state index >= 15 is 0 Å². The van der Waals surface area contributed by atoms with Crippen molar-refractivity contribution < 1.29 is 0 Å². The van der Waals surface area contributed by atoms with Crippen LogP contribution in [-0.4, -0.2) is 0 Å². The molecule has 0 spiro atoms. The van der Waals surface area contributed by atoms with Gasteiger partial charge in [0.1, 0.15) is 0 Å². The molecule has 28 heavy (non-hydrogen) atoms. The van der Waals surface area contributed by atoms with Gasteiger partial charge in [-0.25, -0.2) is 0 Å². The zero-order valence-electron chi connectivity index (χ0n) is 15.3. The van der Waals surface area contributed by atoms with Gasteiger partial charge in [-0.05, 0) is 69.5 Å². The smallest absolute Gasteiger partial charge is 0.0227 e. The van der Waals surface area contributed by atoms with E-state index < -0.39 is 0 Å². The van der Waals surface area contributed by atoms with Crippen molar-refractivity contribution in [1.29, 1.82) is 0 Å². The summed E-state index contributed by atoms with van der Waals surface area (Å²) < 4.78 is 0. The average Bonchev–Trinajstić information content (AvgIpc) is 3.31. The van der Waals surface area contributed by atoms with Gasteiger partial charge in [-0.3, -0.25) is 0 Å². The number of hydrogen-bond acceptors (Lipinski definition) is 2. The quantitative estimate of drug-likeness (QED) is 0.283. The van der Waals surface area contributed by atoms with Crippen LogP contribution in [0, 0.1) is 0 Å². The van der Waals surface area contributed by atoms with E-state index in [-0.39, 0.29) is 0 Å². The molecule has 2 aliphatic carbocycles. The second-order valence-electron chi connectivity index (χ2n) is 7.40. The molecule has 0 amide bonds. The lowest BCUT2D eigenvalue weighted by molar-refractivity contribution is 1.19. The van der Waals surface area contributed by atoms with Crippen molar-refractivity contribution in [1.82, 2.24) is 0 Å². The minimum absolute atomic E-state index is 1.05. The third kappa shape index (κ3) is 2.56. The van der Waals surface area contributed by atoms with Crippen LogP contribution in [-0.2, 0) is 12.8 Å². The van der Waals surface area contributed by atoms with Crippen molar-refractivity contribution >= 4 is 21.6 Å². The summed E-state index contributed by atoms with van der Waals surface area (Å²) in [5, 5.41) is 0. The van der Waals surface area contributed by atoms with Gasteiger partial charge in [0.2, 0.25) is 0 Å². The number of rotatable bonds is 3. The van der Waals surface area contributed by atoms with Crippen LogP contribution in [0.15, 0.2) is 94.7 Å². The molecule has 0 fully saturated rings. The molecule has 4 aromatic carbocycles. The molecule has 4 aromatic rings. The number of hydrogen-bond donors (Lipinski definition) is 0. The SMILES string of the molecule is c1ccc2c(c1)Cc1c(SSc3cccc4c3Cc3ccccc3-4)cccc1-2. The molecule has 0 atom stereocenters. The highest BCUT2D eigenvalue weighted by Gasteiger charge is 2.23. The summed E-state index contributed by atoms with van der Waals surface area (Å²) in [6, 6.07) is 31.1. The first-order valence-corrected chi connectivity index (χ1v) is 11.8. The van der Waals surface area contributed by atoms with Gasteiger partial charge in [0.15, 0.2) is 0 Å². The Bertz CT molecular complexity index is 1130. The lowest BCUT2D eigenvalue weighted by Crippen LogP contribution is -1.86. The highest BCUT2D eigenvalue weighted by atomic mass is 33.1. The topological polar surface area (TPSA) is 0 Å². The Morgan fingerprint density at radius 1 is 0.429 bits per heavy atom.